The molecule has 0 aromatic carbocycles. The molecule has 1 aliphatic rings. The number of aliphatic imine (C=N–C) groups is 1. The molecule has 0 spiro atoms. The molecule has 0 saturated carbocycles. The molecule has 1 aromatic rings. The Balaban J connectivity index is 1.84. The second-order valence-corrected chi connectivity index (χ2v) is 7.39. The third kappa shape index (κ3) is 3.72. The van der Waals surface area contributed by atoms with Gasteiger partial charge in [-0.1, -0.05) is 25.6 Å². The van der Waals surface area contributed by atoms with Gasteiger partial charge in [0.15, 0.2) is 5.17 Å². The fourth-order valence-corrected chi connectivity index (χ4v) is 4.11. The van der Waals surface area contributed by atoms with Gasteiger partial charge < -0.3 is 5.32 Å². The van der Waals surface area contributed by atoms with Crippen LogP contribution in [0, 0.1) is 12.8 Å². The lowest BCUT2D eigenvalue weighted by molar-refractivity contribution is 0.575. The molecule has 2 atom stereocenters. The van der Waals surface area contributed by atoms with Crippen molar-refractivity contribution in [3.63, 3.8) is 0 Å². The first-order valence-electron chi connectivity index (χ1n) is 6.44. The summed E-state index contributed by atoms with van der Waals surface area (Å²) < 4.78 is 0. The van der Waals surface area contributed by atoms with Crippen LogP contribution in [0.5, 0.6) is 0 Å². The minimum absolute atomic E-state index is 0.257. The van der Waals surface area contributed by atoms with Crippen LogP contribution in [-0.4, -0.2) is 21.9 Å². The summed E-state index contributed by atoms with van der Waals surface area (Å²) in [6, 6.07) is 0.257. The van der Waals surface area contributed by atoms with Crippen LogP contribution in [0.4, 0.5) is 0 Å². The molecule has 100 valence electrons. The van der Waals surface area contributed by atoms with Gasteiger partial charge in [0, 0.05) is 16.3 Å². The van der Waals surface area contributed by atoms with Gasteiger partial charge in [0.2, 0.25) is 0 Å². The van der Waals surface area contributed by atoms with Crippen molar-refractivity contribution < 1.29 is 0 Å². The number of hydrogen-bond donors (Lipinski definition) is 1. The highest BCUT2D eigenvalue weighted by Crippen LogP contribution is 2.27. The molecule has 5 heteroatoms. The standard InChI is InChI=1S/C13H21N3S2/c1-8(2)5-11-6-14-13(18-11)16-10(4)12-15-9(3)7-17-12/h7-8,10-11H,5-6H2,1-4H3,(H,14,16). The van der Waals surface area contributed by atoms with E-state index in [0.29, 0.717) is 5.25 Å². The largest absolute Gasteiger partial charge is 0.356 e. The van der Waals surface area contributed by atoms with Crippen molar-refractivity contribution >= 4 is 28.3 Å². The highest BCUT2D eigenvalue weighted by Gasteiger charge is 2.22. The molecule has 0 aliphatic carbocycles. The Bertz CT molecular complexity index is 426. The number of nitrogens with zero attached hydrogens (tertiary/aromatic N) is 2. The fraction of sp³-hybridized carbons (Fsp3) is 0.692. The molecule has 2 unspecified atom stereocenters. The molecule has 0 amide bonds. The van der Waals surface area contributed by atoms with E-state index in [1.807, 2.05) is 18.7 Å². The van der Waals surface area contributed by atoms with Crippen LogP contribution >= 0.6 is 23.1 Å². The highest BCUT2D eigenvalue weighted by atomic mass is 32.2. The average Bonchev–Trinajstić information content (AvgIpc) is 2.87. The second-order valence-electron chi connectivity index (χ2n) is 5.21. The number of rotatable bonds is 4. The first kappa shape index (κ1) is 13.9. The molecular weight excluding hydrogens is 262 g/mol. The third-order valence-electron chi connectivity index (χ3n) is 2.80. The zero-order valence-corrected chi connectivity index (χ0v) is 13.1. The lowest BCUT2D eigenvalue weighted by Crippen LogP contribution is -2.23. The Labute approximate surface area is 118 Å². The summed E-state index contributed by atoms with van der Waals surface area (Å²) in [6.07, 6.45) is 1.24. The van der Waals surface area contributed by atoms with E-state index in [1.165, 1.54) is 6.42 Å². The quantitative estimate of drug-likeness (QED) is 0.917. The lowest BCUT2D eigenvalue weighted by Gasteiger charge is -2.14. The Kier molecular flexibility index (Phi) is 4.67. The number of nitrogens with one attached hydrogen (secondary N) is 1. The number of thiazole rings is 1. The first-order chi connectivity index (χ1) is 8.54. The molecule has 1 aliphatic heterocycles. The second kappa shape index (κ2) is 6.06. The fourth-order valence-electron chi connectivity index (χ4n) is 1.96. The summed E-state index contributed by atoms with van der Waals surface area (Å²) in [5.41, 5.74) is 1.10. The van der Waals surface area contributed by atoms with Gasteiger partial charge in [-0.2, -0.15) is 0 Å². The Morgan fingerprint density at radius 1 is 1.44 bits per heavy atom. The van der Waals surface area contributed by atoms with E-state index >= 15 is 0 Å². The van der Waals surface area contributed by atoms with Crippen molar-refractivity contribution in [1.29, 1.82) is 0 Å². The topological polar surface area (TPSA) is 37.3 Å². The Morgan fingerprint density at radius 2 is 2.22 bits per heavy atom. The summed E-state index contributed by atoms with van der Waals surface area (Å²) in [7, 11) is 0. The molecule has 0 bridgehead atoms. The van der Waals surface area contributed by atoms with Crippen LogP contribution in [-0.2, 0) is 0 Å². The van der Waals surface area contributed by atoms with Gasteiger partial charge in [0.1, 0.15) is 5.01 Å². The maximum absolute atomic E-state index is 4.59. The number of hydrogen-bond acceptors (Lipinski definition) is 5. The molecule has 0 fully saturated rings. The average molecular weight is 283 g/mol. The van der Waals surface area contributed by atoms with Crippen molar-refractivity contribution in [2.75, 3.05) is 6.54 Å². The van der Waals surface area contributed by atoms with Crippen LogP contribution in [0.2, 0.25) is 0 Å². The van der Waals surface area contributed by atoms with Gasteiger partial charge in [-0.05, 0) is 26.2 Å². The summed E-state index contributed by atoms with van der Waals surface area (Å²) >= 11 is 3.60. The van der Waals surface area contributed by atoms with Crippen LogP contribution < -0.4 is 5.32 Å². The summed E-state index contributed by atoms with van der Waals surface area (Å²) in [5.74, 6) is 0.746. The van der Waals surface area contributed by atoms with Gasteiger partial charge in [0.05, 0.1) is 12.6 Å². The van der Waals surface area contributed by atoms with Crippen molar-refractivity contribution in [2.24, 2.45) is 10.9 Å². The zero-order chi connectivity index (χ0) is 13.1. The van der Waals surface area contributed by atoms with Crippen LogP contribution in [0.15, 0.2) is 10.4 Å². The minimum Gasteiger partial charge on any atom is -0.356 e. The molecular formula is C13H21N3S2. The molecule has 1 aromatic heterocycles. The van der Waals surface area contributed by atoms with Crippen molar-refractivity contribution in [3.05, 3.63) is 16.1 Å². The first-order valence-corrected chi connectivity index (χ1v) is 8.20. The van der Waals surface area contributed by atoms with Crippen LogP contribution in [0.3, 0.4) is 0 Å². The monoisotopic (exact) mass is 283 g/mol. The van der Waals surface area contributed by atoms with Gasteiger partial charge in [-0.25, -0.2) is 4.98 Å². The maximum atomic E-state index is 4.59. The summed E-state index contributed by atoms with van der Waals surface area (Å²) in [6.45, 7) is 9.68. The normalized spacial score (nSPS) is 21.2. The zero-order valence-electron chi connectivity index (χ0n) is 11.4. The smallest absolute Gasteiger partial charge is 0.157 e. The Morgan fingerprint density at radius 3 is 2.83 bits per heavy atom. The van der Waals surface area contributed by atoms with E-state index in [9.17, 15) is 0 Å². The molecule has 2 rings (SSSR count). The third-order valence-corrected chi connectivity index (χ3v) is 5.09. The van der Waals surface area contributed by atoms with Crippen molar-refractivity contribution in [2.45, 2.75) is 45.4 Å². The molecule has 3 nitrogen and oxygen atoms in total. The van der Waals surface area contributed by atoms with E-state index in [1.54, 1.807) is 11.3 Å². The van der Waals surface area contributed by atoms with Crippen molar-refractivity contribution in [3.8, 4) is 0 Å². The number of aromatic nitrogens is 1. The van der Waals surface area contributed by atoms with Crippen LogP contribution in [0.1, 0.15) is 43.9 Å². The summed E-state index contributed by atoms with van der Waals surface area (Å²) in [5, 5.41) is 8.45. The predicted octanol–water partition coefficient (Wildman–Crippen LogP) is 3.62. The Hall–Kier alpha value is -0.550. The van der Waals surface area contributed by atoms with Crippen LogP contribution in [0.25, 0.3) is 0 Å². The molecule has 0 radical (unpaired) electrons. The van der Waals surface area contributed by atoms with Gasteiger partial charge >= 0.3 is 0 Å². The molecule has 18 heavy (non-hydrogen) atoms. The maximum Gasteiger partial charge on any atom is 0.157 e. The van der Waals surface area contributed by atoms with E-state index in [4.69, 9.17) is 0 Å². The van der Waals surface area contributed by atoms with Gasteiger partial charge in [-0.3, -0.25) is 4.99 Å². The van der Waals surface area contributed by atoms with E-state index < -0.39 is 0 Å². The minimum atomic E-state index is 0.257. The van der Waals surface area contributed by atoms with E-state index in [2.05, 4.69) is 41.4 Å². The molecule has 2 heterocycles. The van der Waals surface area contributed by atoms with Gasteiger partial charge in [0.25, 0.3) is 0 Å². The van der Waals surface area contributed by atoms with E-state index in [0.717, 1.165) is 28.3 Å². The SMILES string of the molecule is Cc1csc(C(C)NC2=NCC(CC(C)C)S2)n1. The predicted molar refractivity (Wildman–Crippen MR) is 81.5 cm³/mol. The number of aryl methyl sites for hydroxylation is 1. The van der Waals surface area contributed by atoms with E-state index in [-0.39, 0.29) is 6.04 Å². The number of amidine groups is 1. The summed E-state index contributed by atoms with van der Waals surface area (Å²) in [4.78, 5) is 9.10. The van der Waals surface area contributed by atoms with Crippen molar-refractivity contribution in [1.82, 2.24) is 10.3 Å². The van der Waals surface area contributed by atoms with Gasteiger partial charge in [-0.15, -0.1) is 11.3 Å². The molecule has 0 saturated heterocycles. The highest BCUT2D eigenvalue weighted by molar-refractivity contribution is 8.14. The lowest BCUT2D eigenvalue weighted by atomic mass is 10.1. The number of thioether (sulfide) groups is 1. The molecule has 1 N–H and O–H groups in total.